The van der Waals surface area contributed by atoms with E-state index < -0.39 is 0 Å². The maximum Gasteiger partial charge on any atom is 0.400 e. The minimum Gasteiger partial charge on any atom is -0.493 e. The minimum absolute atomic E-state index is 0.0859. The largest absolute Gasteiger partial charge is 0.493 e. The van der Waals surface area contributed by atoms with Crippen LogP contribution in [0.1, 0.15) is 0 Å². The van der Waals surface area contributed by atoms with Crippen LogP contribution in [0.15, 0.2) is 28.9 Å². The van der Waals surface area contributed by atoms with E-state index in [1.165, 1.54) is 6.26 Å². The van der Waals surface area contributed by atoms with E-state index in [1.54, 1.807) is 32.4 Å². The first kappa shape index (κ1) is 10.4. The van der Waals surface area contributed by atoms with Gasteiger partial charge in [-0.3, -0.25) is 0 Å². The van der Waals surface area contributed by atoms with Crippen LogP contribution < -0.4 is 14.2 Å². The zero-order valence-corrected chi connectivity index (χ0v) is 8.89. The van der Waals surface area contributed by atoms with E-state index in [2.05, 4.69) is 11.2 Å². The molecule has 0 N–H and O–H groups in total. The molecule has 5 nitrogen and oxygen atoms in total. The van der Waals surface area contributed by atoms with Gasteiger partial charge < -0.3 is 18.6 Å². The summed E-state index contributed by atoms with van der Waals surface area (Å²) in [5.41, 5.74) is 0. The van der Waals surface area contributed by atoms with Crippen molar-refractivity contribution in [1.29, 1.82) is 0 Å². The Bertz CT molecular complexity index is 431. The Morgan fingerprint density at radius 1 is 1.19 bits per heavy atom. The third-order valence-corrected chi connectivity index (χ3v) is 1.94. The molecule has 0 saturated heterocycles. The van der Waals surface area contributed by atoms with Gasteiger partial charge in [-0.1, -0.05) is 6.07 Å². The lowest BCUT2D eigenvalue weighted by Crippen LogP contribution is -1.94. The Balaban J connectivity index is 2.37. The summed E-state index contributed by atoms with van der Waals surface area (Å²) in [5.74, 6) is 1.50. The Hall–Kier alpha value is -2.17. The number of hydrogen-bond acceptors (Lipinski definition) is 5. The van der Waals surface area contributed by atoms with Gasteiger partial charge in [0, 0.05) is 0 Å². The van der Waals surface area contributed by atoms with Gasteiger partial charge >= 0.3 is 6.08 Å². The molecule has 16 heavy (non-hydrogen) atoms. The van der Waals surface area contributed by atoms with Gasteiger partial charge in [0.1, 0.15) is 12.5 Å². The Morgan fingerprint density at radius 2 is 1.88 bits per heavy atom. The molecule has 1 aromatic heterocycles. The van der Waals surface area contributed by atoms with Gasteiger partial charge in [-0.25, -0.2) is 0 Å². The topological polar surface area (TPSA) is 53.7 Å². The van der Waals surface area contributed by atoms with Crippen LogP contribution in [0.2, 0.25) is 0 Å². The fourth-order valence-electron chi connectivity index (χ4n) is 1.23. The molecular formula is C11H10NO4. The molecule has 1 aromatic carbocycles. The van der Waals surface area contributed by atoms with Gasteiger partial charge in [0.05, 0.1) is 14.2 Å². The molecule has 0 bridgehead atoms. The van der Waals surface area contributed by atoms with Crippen molar-refractivity contribution >= 4 is 0 Å². The molecule has 0 saturated carbocycles. The van der Waals surface area contributed by atoms with Crippen LogP contribution >= 0.6 is 0 Å². The summed E-state index contributed by atoms with van der Waals surface area (Å²) in [6, 6.07) is 5.31. The van der Waals surface area contributed by atoms with Crippen LogP contribution in [0.4, 0.5) is 0 Å². The first-order valence-electron chi connectivity index (χ1n) is 4.55. The number of hydrogen-bond donors (Lipinski definition) is 0. The number of methoxy groups -OCH3 is 2. The van der Waals surface area contributed by atoms with Gasteiger partial charge in [0.25, 0.3) is 0 Å². The lowest BCUT2D eigenvalue weighted by atomic mass is 10.3. The molecule has 0 amide bonds. The first-order valence-corrected chi connectivity index (χ1v) is 4.55. The second-order valence-corrected chi connectivity index (χ2v) is 2.84. The smallest absolute Gasteiger partial charge is 0.400 e. The second kappa shape index (κ2) is 4.57. The zero-order chi connectivity index (χ0) is 11.4. The van der Waals surface area contributed by atoms with Gasteiger partial charge in [-0.15, -0.1) is 0 Å². The van der Waals surface area contributed by atoms with Crippen molar-refractivity contribution in [3.05, 3.63) is 30.7 Å². The monoisotopic (exact) mass is 220 g/mol. The van der Waals surface area contributed by atoms with Gasteiger partial charge in [0.2, 0.25) is 5.75 Å². The molecule has 0 atom stereocenters. The van der Waals surface area contributed by atoms with Crippen LogP contribution in [0.25, 0.3) is 0 Å². The third-order valence-electron chi connectivity index (χ3n) is 1.94. The maximum absolute atomic E-state index is 5.40. The van der Waals surface area contributed by atoms with E-state index >= 15 is 0 Å². The summed E-state index contributed by atoms with van der Waals surface area (Å²) in [5, 5.41) is 0. The van der Waals surface area contributed by atoms with Crippen molar-refractivity contribution in [2.45, 2.75) is 0 Å². The standard InChI is InChI=1S/C11H10NO4/c1-13-8-4-3-5-9(14-2)10(8)16-11-12-6-7-15-11/h3-5,7H,1-2H3. The zero-order valence-electron chi connectivity index (χ0n) is 8.89. The van der Waals surface area contributed by atoms with Crippen molar-refractivity contribution in [2.24, 2.45) is 0 Å². The molecule has 2 aromatic rings. The number of ether oxygens (including phenoxy) is 3. The van der Waals surface area contributed by atoms with Crippen molar-refractivity contribution in [2.75, 3.05) is 14.2 Å². The molecule has 83 valence electrons. The SMILES string of the molecule is COc1cccc(OC)c1Oc1n[c]co1. The molecule has 0 aliphatic carbocycles. The first-order chi connectivity index (χ1) is 7.85. The number of rotatable bonds is 4. The normalized spacial score (nSPS) is 9.88. The third kappa shape index (κ3) is 1.93. The molecule has 5 heteroatoms. The summed E-state index contributed by atoms with van der Waals surface area (Å²) in [7, 11) is 3.09. The molecule has 2 rings (SSSR count). The molecule has 0 aliphatic rings. The van der Waals surface area contributed by atoms with Gasteiger partial charge in [0.15, 0.2) is 11.5 Å². The van der Waals surface area contributed by atoms with Gasteiger partial charge in [-0.2, -0.15) is 4.98 Å². The second-order valence-electron chi connectivity index (χ2n) is 2.84. The summed E-state index contributed by atoms with van der Waals surface area (Å²) in [6.45, 7) is 0. The predicted molar refractivity (Wildman–Crippen MR) is 55.0 cm³/mol. The van der Waals surface area contributed by atoms with E-state index in [0.29, 0.717) is 17.2 Å². The quantitative estimate of drug-likeness (QED) is 0.791. The fourth-order valence-corrected chi connectivity index (χ4v) is 1.23. The molecule has 0 unspecified atom stereocenters. The number of oxazole rings is 1. The maximum atomic E-state index is 5.40. The number of nitrogens with zero attached hydrogens (tertiary/aromatic N) is 1. The molecule has 0 spiro atoms. The highest BCUT2D eigenvalue weighted by atomic mass is 16.6. The van der Waals surface area contributed by atoms with Crippen LogP contribution in [0.5, 0.6) is 23.3 Å². The van der Waals surface area contributed by atoms with Crippen LogP contribution in [-0.2, 0) is 0 Å². The van der Waals surface area contributed by atoms with Crippen LogP contribution in [0, 0.1) is 6.20 Å². The van der Waals surface area contributed by atoms with Crippen molar-refractivity contribution in [3.8, 4) is 23.3 Å². The highest BCUT2D eigenvalue weighted by Gasteiger charge is 2.14. The molecule has 0 fully saturated rings. The van der Waals surface area contributed by atoms with Gasteiger partial charge in [-0.05, 0) is 12.1 Å². The summed E-state index contributed by atoms with van der Waals surface area (Å²) < 4.78 is 20.6. The minimum atomic E-state index is 0.0859. The van der Waals surface area contributed by atoms with E-state index in [1.807, 2.05) is 0 Å². The predicted octanol–water partition coefficient (Wildman–Crippen LogP) is 2.28. The van der Waals surface area contributed by atoms with Crippen molar-refractivity contribution in [1.82, 2.24) is 4.98 Å². The molecular weight excluding hydrogens is 210 g/mol. The van der Waals surface area contributed by atoms with Crippen LogP contribution in [0.3, 0.4) is 0 Å². The molecule has 1 heterocycles. The highest BCUT2D eigenvalue weighted by molar-refractivity contribution is 5.51. The molecule has 0 aliphatic heterocycles. The molecule has 1 radical (unpaired) electrons. The Morgan fingerprint density at radius 3 is 2.38 bits per heavy atom. The summed E-state index contributed by atoms with van der Waals surface area (Å²) >= 11 is 0. The fraction of sp³-hybridized carbons (Fsp3) is 0.182. The van der Waals surface area contributed by atoms with E-state index in [-0.39, 0.29) is 6.08 Å². The van der Waals surface area contributed by atoms with Crippen LogP contribution in [-0.4, -0.2) is 19.2 Å². The summed E-state index contributed by atoms with van der Waals surface area (Å²) in [6.07, 6.45) is 3.89. The number of benzene rings is 1. The van der Waals surface area contributed by atoms with E-state index in [0.717, 1.165) is 0 Å². The van der Waals surface area contributed by atoms with Crippen molar-refractivity contribution in [3.63, 3.8) is 0 Å². The average molecular weight is 220 g/mol. The van der Waals surface area contributed by atoms with E-state index in [4.69, 9.17) is 18.6 Å². The summed E-state index contributed by atoms with van der Waals surface area (Å²) in [4.78, 5) is 3.74. The number of aromatic nitrogens is 1. The highest BCUT2D eigenvalue weighted by Crippen LogP contribution is 2.39. The van der Waals surface area contributed by atoms with E-state index in [9.17, 15) is 0 Å². The Kier molecular flexibility index (Phi) is 2.95. The number of para-hydroxylation sites is 1. The lowest BCUT2D eigenvalue weighted by Gasteiger charge is -2.10. The van der Waals surface area contributed by atoms with Crippen molar-refractivity contribution < 1.29 is 18.6 Å². The Labute approximate surface area is 92.6 Å². The average Bonchev–Trinajstić information content (AvgIpc) is 2.82. The lowest BCUT2D eigenvalue weighted by molar-refractivity contribution is 0.292.